The van der Waals surface area contributed by atoms with Crippen LogP contribution in [0.1, 0.15) is 40.2 Å². The summed E-state index contributed by atoms with van der Waals surface area (Å²) in [6, 6.07) is 42.6. The Morgan fingerprint density at radius 2 is 1.04 bits per heavy atom. The fraction of sp³-hybridized carbons (Fsp3) is 0.132. The van der Waals surface area contributed by atoms with Gasteiger partial charge in [-0.25, -0.2) is 9.59 Å². The van der Waals surface area contributed by atoms with Crippen LogP contribution in [0.2, 0.25) is 0 Å². The van der Waals surface area contributed by atoms with E-state index in [0.717, 1.165) is 11.1 Å². The Morgan fingerprint density at radius 1 is 0.667 bits per heavy atom. The first-order valence-corrected chi connectivity index (χ1v) is 14.6. The molecule has 0 heterocycles. The van der Waals surface area contributed by atoms with Crippen LogP contribution in [0.5, 0.6) is 0 Å². The molecule has 0 bridgehead atoms. The Morgan fingerprint density at radius 3 is 1.40 bits per heavy atom. The van der Waals surface area contributed by atoms with Gasteiger partial charge in [-0.3, -0.25) is 9.69 Å². The molecule has 1 atom stereocenters. The molecule has 0 saturated carbocycles. The van der Waals surface area contributed by atoms with Gasteiger partial charge in [0, 0.05) is 5.92 Å². The maximum absolute atomic E-state index is 14.7. The summed E-state index contributed by atoms with van der Waals surface area (Å²) in [6.45, 7) is 0. The van der Waals surface area contributed by atoms with E-state index < -0.39 is 41.4 Å². The monoisotopic (exact) mass is 596 g/mol. The summed E-state index contributed by atoms with van der Waals surface area (Å²) in [5, 5.41) is 11.6. The zero-order valence-electron chi connectivity index (χ0n) is 24.7. The minimum Gasteiger partial charge on any atom is -0.479 e. The number of carbonyl (C=O) groups excluding carboxylic acids is 2. The number of fused-ring (bicyclic) bond motifs is 3. The van der Waals surface area contributed by atoms with Crippen molar-refractivity contribution < 1.29 is 24.2 Å². The maximum Gasteiger partial charge on any atom is 0.411 e. The third kappa shape index (κ3) is 4.55. The van der Waals surface area contributed by atoms with Crippen molar-refractivity contribution >= 4 is 18.0 Å². The third-order valence-electron chi connectivity index (χ3n) is 8.79. The SMILES string of the molecule is COC(=O)N(C(c1ccccc1)(c1ccccc1)c1ccccc1)[C@@](CC(N)=O)(C(=O)O)C1c2ccccc2-c2ccccc21. The van der Waals surface area contributed by atoms with E-state index in [2.05, 4.69) is 0 Å². The number of nitrogens with two attached hydrogens (primary N) is 1. The summed E-state index contributed by atoms with van der Waals surface area (Å²) in [5.41, 5.74) is 6.88. The molecule has 45 heavy (non-hydrogen) atoms. The zero-order valence-corrected chi connectivity index (χ0v) is 24.7. The highest BCUT2D eigenvalue weighted by molar-refractivity contribution is 5.96. The fourth-order valence-corrected chi connectivity index (χ4v) is 7.16. The average Bonchev–Trinajstić information content (AvgIpc) is 3.42. The van der Waals surface area contributed by atoms with Crippen molar-refractivity contribution in [3.05, 3.63) is 167 Å². The number of benzene rings is 5. The molecule has 0 radical (unpaired) electrons. The minimum absolute atomic E-state index is 0.600. The smallest absolute Gasteiger partial charge is 0.411 e. The zero-order chi connectivity index (χ0) is 31.6. The molecule has 0 fully saturated rings. The van der Waals surface area contributed by atoms with Crippen LogP contribution in [-0.2, 0) is 19.9 Å². The van der Waals surface area contributed by atoms with Gasteiger partial charge in [0.25, 0.3) is 0 Å². The number of amides is 2. The number of aliphatic carboxylic acids is 1. The molecule has 7 nitrogen and oxygen atoms in total. The largest absolute Gasteiger partial charge is 0.479 e. The number of rotatable bonds is 9. The number of primary amides is 1. The Labute approximate surface area is 261 Å². The molecule has 224 valence electrons. The van der Waals surface area contributed by atoms with Gasteiger partial charge in [0.15, 0.2) is 5.54 Å². The van der Waals surface area contributed by atoms with Crippen LogP contribution >= 0.6 is 0 Å². The van der Waals surface area contributed by atoms with Gasteiger partial charge in [-0.1, -0.05) is 140 Å². The minimum atomic E-state index is -2.27. The number of hydrogen-bond donors (Lipinski definition) is 2. The van der Waals surface area contributed by atoms with E-state index in [1.165, 1.54) is 12.0 Å². The van der Waals surface area contributed by atoms with Crippen molar-refractivity contribution in [1.29, 1.82) is 0 Å². The summed E-state index contributed by atoms with van der Waals surface area (Å²) >= 11 is 0. The summed E-state index contributed by atoms with van der Waals surface area (Å²) in [4.78, 5) is 43.5. The topological polar surface area (TPSA) is 110 Å². The van der Waals surface area contributed by atoms with Gasteiger partial charge >= 0.3 is 12.1 Å². The number of carboxylic acids is 1. The molecule has 7 heteroatoms. The molecular weight excluding hydrogens is 564 g/mol. The van der Waals surface area contributed by atoms with Crippen molar-refractivity contribution in [2.24, 2.45) is 5.73 Å². The van der Waals surface area contributed by atoms with E-state index in [4.69, 9.17) is 10.5 Å². The second kappa shape index (κ2) is 11.8. The van der Waals surface area contributed by atoms with Crippen molar-refractivity contribution in [3.8, 4) is 11.1 Å². The van der Waals surface area contributed by atoms with Gasteiger partial charge in [0.1, 0.15) is 5.54 Å². The number of nitrogens with zero attached hydrogens (tertiary/aromatic N) is 1. The Kier molecular flexibility index (Phi) is 7.69. The Hall–Kier alpha value is -5.69. The number of hydrogen-bond acceptors (Lipinski definition) is 4. The van der Waals surface area contributed by atoms with E-state index in [9.17, 15) is 19.5 Å². The summed E-state index contributed by atoms with van der Waals surface area (Å²) in [7, 11) is 1.22. The van der Waals surface area contributed by atoms with Crippen LogP contribution in [0.3, 0.4) is 0 Å². The molecule has 5 aromatic carbocycles. The lowest BCUT2D eigenvalue weighted by molar-refractivity contribution is -0.157. The number of methoxy groups -OCH3 is 1. The molecule has 3 N–H and O–H groups in total. The van der Waals surface area contributed by atoms with E-state index in [1.54, 1.807) is 0 Å². The van der Waals surface area contributed by atoms with E-state index >= 15 is 0 Å². The molecule has 2 amide bonds. The molecule has 0 aromatic heterocycles. The Bertz CT molecular complexity index is 1720. The van der Waals surface area contributed by atoms with Crippen molar-refractivity contribution in [2.45, 2.75) is 23.4 Å². The first kappa shape index (κ1) is 29.4. The van der Waals surface area contributed by atoms with Crippen LogP contribution in [0.15, 0.2) is 140 Å². The normalized spacial score (nSPS) is 13.6. The highest BCUT2D eigenvalue weighted by Crippen LogP contribution is 2.57. The lowest BCUT2D eigenvalue weighted by Crippen LogP contribution is -2.69. The third-order valence-corrected chi connectivity index (χ3v) is 8.79. The fourth-order valence-electron chi connectivity index (χ4n) is 7.16. The summed E-state index contributed by atoms with van der Waals surface area (Å²) in [5.74, 6) is -3.27. The van der Waals surface area contributed by atoms with Crippen molar-refractivity contribution in [2.75, 3.05) is 7.11 Å². The molecule has 0 unspecified atom stereocenters. The molecule has 6 rings (SSSR count). The lowest BCUT2D eigenvalue weighted by Gasteiger charge is -2.54. The number of carbonyl (C=O) groups is 3. The standard InChI is InChI=1S/C38H32N2O5/c1-45-36(44)40(38(26-15-5-2-6-16-26,27-17-7-3-8-18-27)28-19-9-4-10-20-28)37(35(42)43,25-33(39)41)34-31-23-13-11-21-29(31)30-22-12-14-24-32(30)34/h2-24,34H,25H2,1H3,(H2,39,41)(H,42,43)/t37-/m1/s1. The predicted molar refractivity (Wildman–Crippen MR) is 171 cm³/mol. The second-order valence-electron chi connectivity index (χ2n) is 11.1. The van der Waals surface area contributed by atoms with Gasteiger partial charge in [-0.15, -0.1) is 0 Å². The predicted octanol–water partition coefficient (Wildman–Crippen LogP) is 6.56. The summed E-state index contributed by atoms with van der Waals surface area (Å²) < 4.78 is 5.53. The van der Waals surface area contributed by atoms with E-state index in [1.807, 2.05) is 140 Å². The number of ether oxygens (including phenoxy) is 1. The molecule has 0 aliphatic heterocycles. The number of carboxylic acid groups (broad SMARTS) is 1. The van der Waals surface area contributed by atoms with Gasteiger partial charge in [-0.05, 0) is 38.9 Å². The van der Waals surface area contributed by atoms with E-state index in [0.29, 0.717) is 27.8 Å². The molecular formula is C38H32N2O5. The van der Waals surface area contributed by atoms with Gasteiger partial charge in [0.05, 0.1) is 13.5 Å². The summed E-state index contributed by atoms with van der Waals surface area (Å²) in [6.07, 6.45) is -1.63. The first-order chi connectivity index (χ1) is 21.9. The Balaban J connectivity index is 1.84. The first-order valence-electron chi connectivity index (χ1n) is 14.6. The molecule has 0 spiro atoms. The molecule has 5 aromatic rings. The highest BCUT2D eigenvalue weighted by atomic mass is 16.5. The van der Waals surface area contributed by atoms with Crippen LogP contribution in [0.25, 0.3) is 11.1 Å². The average molecular weight is 597 g/mol. The van der Waals surface area contributed by atoms with Gasteiger partial charge in [0.2, 0.25) is 5.91 Å². The quantitative estimate of drug-likeness (QED) is 0.187. The highest BCUT2D eigenvalue weighted by Gasteiger charge is 2.64. The van der Waals surface area contributed by atoms with Crippen LogP contribution in [-0.4, -0.2) is 40.6 Å². The van der Waals surface area contributed by atoms with Crippen LogP contribution in [0, 0.1) is 0 Å². The second-order valence-corrected chi connectivity index (χ2v) is 11.1. The molecule has 1 aliphatic carbocycles. The molecule has 1 aliphatic rings. The lowest BCUT2D eigenvalue weighted by atomic mass is 9.67. The van der Waals surface area contributed by atoms with Gasteiger partial charge < -0.3 is 15.6 Å². The maximum atomic E-state index is 14.7. The van der Waals surface area contributed by atoms with E-state index in [-0.39, 0.29) is 0 Å². The van der Waals surface area contributed by atoms with Crippen molar-refractivity contribution in [3.63, 3.8) is 0 Å². The van der Waals surface area contributed by atoms with Crippen molar-refractivity contribution in [1.82, 2.24) is 4.90 Å². The van der Waals surface area contributed by atoms with Gasteiger partial charge in [-0.2, -0.15) is 0 Å². The van der Waals surface area contributed by atoms with Crippen LogP contribution in [0.4, 0.5) is 4.79 Å². The van der Waals surface area contributed by atoms with Crippen LogP contribution < -0.4 is 5.73 Å². The molecule has 0 saturated heterocycles.